The third-order valence-electron chi connectivity index (χ3n) is 2.97. The Morgan fingerprint density at radius 2 is 1.94 bits per heavy atom. The van der Waals surface area contributed by atoms with Crippen LogP contribution >= 0.6 is 0 Å². The van der Waals surface area contributed by atoms with E-state index in [-0.39, 0.29) is 18.3 Å². The van der Waals surface area contributed by atoms with Gasteiger partial charge in [-0.05, 0) is 26.0 Å². The van der Waals surface area contributed by atoms with Crippen molar-refractivity contribution in [3.63, 3.8) is 0 Å². The van der Waals surface area contributed by atoms with E-state index in [1.54, 1.807) is 0 Å². The van der Waals surface area contributed by atoms with Gasteiger partial charge in [-0.3, -0.25) is 4.79 Å². The summed E-state index contributed by atoms with van der Waals surface area (Å²) in [6.07, 6.45) is 0. The van der Waals surface area contributed by atoms with Crippen LogP contribution in [0.1, 0.15) is 27.7 Å². The Bertz CT molecular complexity index is 384. The normalized spacial score (nSPS) is 10.5. The first kappa shape index (κ1) is 14.6. The first-order chi connectivity index (χ1) is 8.58. The molecule has 0 atom stereocenters. The van der Waals surface area contributed by atoms with Crippen molar-refractivity contribution in [3.05, 3.63) is 24.3 Å². The molecule has 0 aliphatic heterocycles. The molecule has 3 nitrogen and oxygen atoms in total. The molecule has 0 aromatic heterocycles. The van der Waals surface area contributed by atoms with Crippen LogP contribution in [0.5, 0.6) is 5.75 Å². The first-order valence-corrected chi connectivity index (χ1v) is 6.59. The van der Waals surface area contributed by atoms with Crippen LogP contribution in [0.15, 0.2) is 24.3 Å². The van der Waals surface area contributed by atoms with Crippen molar-refractivity contribution in [2.24, 2.45) is 5.92 Å². The van der Waals surface area contributed by atoms with Crippen LogP contribution in [-0.4, -0.2) is 25.5 Å². The molecule has 0 spiro atoms. The van der Waals surface area contributed by atoms with Gasteiger partial charge in [-0.25, -0.2) is 0 Å². The monoisotopic (exact) mass is 249 g/mol. The summed E-state index contributed by atoms with van der Waals surface area (Å²) in [4.78, 5) is 13.8. The molecular weight excluding hydrogens is 226 g/mol. The van der Waals surface area contributed by atoms with E-state index in [0.717, 1.165) is 24.5 Å². The molecule has 0 saturated heterocycles. The maximum absolute atomic E-state index is 11.5. The number of rotatable bonds is 7. The summed E-state index contributed by atoms with van der Waals surface area (Å²) < 4.78 is 5.53. The molecule has 1 aromatic rings. The zero-order valence-electron chi connectivity index (χ0n) is 11.8. The van der Waals surface area contributed by atoms with Crippen molar-refractivity contribution in [3.8, 4) is 5.75 Å². The van der Waals surface area contributed by atoms with Crippen molar-refractivity contribution in [1.29, 1.82) is 0 Å². The number of anilines is 1. The van der Waals surface area contributed by atoms with Gasteiger partial charge < -0.3 is 9.64 Å². The van der Waals surface area contributed by atoms with Crippen LogP contribution in [0.3, 0.4) is 0 Å². The lowest BCUT2D eigenvalue weighted by molar-refractivity contribution is -0.123. The summed E-state index contributed by atoms with van der Waals surface area (Å²) in [5.41, 5.74) is 1.13. The highest BCUT2D eigenvalue weighted by Crippen LogP contribution is 2.21. The second-order valence-electron chi connectivity index (χ2n) is 4.58. The van der Waals surface area contributed by atoms with Crippen LogP contribution in [-0.2, 0) is 4.79 Å². The number of carbonyl (C=O) groups excluding carboxylic acids is 1. The highest BCUT2D eigenvalue weighted by atomic mass is 16.5. The van der Waals surface area contributed by atoms with Gasteiger partial charge in [-0.2, -0.15) is 0 Å². The van der Waals surface area contributed by atoms with Gasteiger partial charge in [0.1, 0.15) is 12.4 Å². The fraction of sp³-hybridized carbons (Fsp3) is 0.533. The van der Waals surface area contributed by atoms with E-state index in [4.69, 9.17) is 4.74 Å². The Balaban J connectivity index is 2.67. The fourth-order valence-corrected chi connectivity index (χ4v) is 1.68. The molecule has 0 aliphatic rings. The quantitative estimate of drug-likeness (QED) is 0.743. The van der Waals surface area contributed by atoms with Crippen molar-refractivity contribution in [2.75, 3.05) is 24.6 Å². The second-order valence-corrected chi connectivity index (χ2v) is 4.58. The van der Waals surface area contributed by atoms with Crippen molar-refractivity contribution in [1.82, 2.24) is 0 Å². The Hall–Kier alpha value is -1.51. The summed E-state index contributed by atoms with van der Waals surface area (Å²) in [5.74, 6) is 0.910. The maximum Gasteiger partial charge on any atom is 0.172 e. The number of hydrogen-bond donors (Lipinski definition) is 0. The van der Waals surface area contributed by atoms with E-state index in [9.17, 15) is 4.79 Å². The molecule has 1 rings (SSSR count). The molecule has 100 valence electrons. The summed E-state index contributed by atoms with van der Waals surface area (Å²) in [7, 11) is 0. The smallest absolute Gasteiger partial charge is 0.172 e. The molecule has 18 heavy (non-hydrogen) atoms. The summed E-state index contributed by atoms with van der Waals surface area (Å²) in [6.45, 7) is 10.1. The minimum absolute atomic E-state index is 0.0240. The average Bonchev–Trinajstić information content (AvgIpc) is 2.38. The van der Waals surface area contributed by atoms with Crippen LogP contribution in [0.25, 0.3) is 0 Å². The third kappa shape index (κ3) is 4.06. The fourth-order valence-electron chi connectivity index (χ4n) is 1.68. The number of ether oxygens (including phenoxy) is 1. The van der Waals surface area contributed by atoms with E-state index in [2.05, 4.69) is 24.8 Å². The number of nitrogens with zero attached hydrogens (tertiary/aromatic N) is 1. The summed E-state index contributed by atoms with van der Waals surface area (Å²) in [6, 6.07) is 7.90. The van der Waals surface area contributed by atoms with Crippen LogP contribution in [0, 0.1) is 5.92 Å². The summed E-state index contributed by atoms with van der Waals surface area (Å²) in [5, 5.41) is 0. The molecule has 0 aliphatic carbocycles. The van der Waals surface area contributed by atoms with Gasteiger partial charge in [-0.1, -0.05) is 19.9 Å². The van der Waals surface area contributed by atoms with Gasteiger partial charge in [0.2, 0.25) is 0 Å². The highest BCUT2D eigenvalue weighted by molar-refractivity contribution is 5.81. The lowest BCUT2D eigenvalue weighted by Gasteiger charge is -2.21. The number of carbonyl (C=O) groups is 1. The molecule has 0 heterocycles. The van der Waals surface area contributed by atoms with Gasteiger partial charge >= 0.3 is 0 Å². The molecule has 0 amide bonds. The van der Waals surface area contributed by atoms with Gasteiger partial charge in [0.15, 0.2) is 5.78 Å². The van der Waals surface area contributed by atoms with Crippen LogP contribution in [0.2, 0.25) is 0 Å². The minimum Gasteiger partial charge on any atom is -0.486 e. The summed E-state index contributed by atoms with van der Waals surface area (Å²) >= 11 is 0. The highest BCUT2D eigenvalue weighted by Gasteiger charge is 2.08. The van der Waals surface area contributed by atoms with Crippen LogP contribution in [0.4, 0.5) is 5.69 Å². The lowest BCUT2D eigenvalue weighted by atomic mass is 10.1. The van der Waals surface area contributed by atoms with Crippen molar-refractivity contribution in [2.45, 2.75) is 27.7 Å². The first-order valence-electron chi connectivity index (χ1n) is 6.59. The zero-order valence-corrected chi connectivity index (χ0v) is 11.8. The van der Waals surface area contributed by atoms with E-state index < -0.39 is 0 Å². The number of hydrogen-bond acceptors (Lipinski definition) is 3. The van der Waals surface area contributed by atoms with Crippen molar-refractivity contribution < 1.29 is 9.53 Å². The molecule has 0 radical (unpaired) electrons. The van der Waals surface area contributed by atoms with Gasteiger partial charge in [0.05, 0.1) is 0 Å². The van der Waals surface area contributed by atoms with E-state index in [1.165, 1.54) is 0 Å². The molecule has 1 aromatic carbocycles. The van der Waals surface area contributed by atoms with Gasteiger partial charge in [-0.15, -0.1) is 0 Å². The molecule has 0 bridgehead atoms. The zero-order chi connectivity index (χ0) is 13.5. The van der Waals surface area contributed by atoms with Crippen molar-refractivity contribution >= 4 is 11.5 Å². The van der Waals surface area contributed by atoms with E-state index in [0.29, 0.717) is 0 Å². The minimum atomic E-state index is 0.0240. The van der Waals surface area contributed by atoms with E-state index >= 15 is 0 Å². The predicted octanol–water partition coefficient (Wildman–Crippen LogP) is 3.14. The standard InChI is InChI=1S/C15H23NO2/c1-5-16(6-2)13-8-7-9-14(10-13)18-11-15(17)12(3)4/h7-10,12H,5-6,11H2,1-4H3. The van der Waals surface area contributed by atoms with Gasteiger partial charge in [0, 0.05) is 30.8 Å². The van der Waals surface area contributed by atoms with Crippen LogP contribution < -0.4 is 9.64 Å². The Labute approximate surface area is 110 Å². The molecule has 0 saturated carbocycles. The van der Waals surface area contributed by atoms with E-state index in [1.807, 2.05) is 32.0 Å². The molecule has 0 N–H and O–H groups in total. The molecule has 0 unspecified atom stereocenters. The topological polar surface area (TPSA) is 29.5 Å². The van der Waals surface area contributed by atoms with Gasteiger partial charge in [0.25, 0.3) is 0 Å². The SMILES string of the molecule is CCN(CC)c1cccc(OCC(=O)C(C)C)c1. The maximum atomic E-state index is 11.5. The molecular formula is C15H23NO2. The molecule has 0 fully saturated rings. The average molecular weight is 249 g/mol. The number of ketones is 1. The third-order valence-corrected chi connectivity index (χ3v) is 2.97. The number of benzene rings is 1. The number of Topliss-reactive ketones (excluding diaryl/α,β-unsaturated/α-hetero) is 1. The Kier molecular flexibility index (Phi) is 5.69. The Morgan fingerprint density at radius 1 is 1.28 bits per heavy atom. The predicted molar refractivity (Wildman–Crippen MR) is 75.3 cm³/mol. The second kappa shape index (κ2) is 7.04. The molecule has 3 heteroatoms. The lowest BCUT2D eigenvalue weighted by Crippen LogP contribution is -2.22. The largest absolute Gasteiger partial charge is 0.486 e. The Morgan fingerprint density at radius 3 is 2.50 bits per heavy atom.